The summed E-state index contributed by atoms with van der Waals surface area (Å²) in [5, 5.41) is 0.199. The van der Waals surface area contributed by atoms with Crippen molar-refractivity contribution in [2.75, 3.05) is 26.1 Å². The molecule has 0 bridgehead atoms. The minimum Gasteiger partial charge on any atom is -0.497 e. The first-order valence-electron chi connectivity index (χ1n) is 17.3. The van der Waals surface area contributed by atoms with Crippen molar-refractivity contribution in [3.63, 3.8) is 0 Å². The molecule has 244 valence electrons. The van der Waals surface area contributed by atoms with Gasteiger partial charge >= 0.3 is 0 Å². The fourth-order valence-corrected chi connectivity index (χ4v) is 10.1. The van der Waals surface area contributed by atoms with E-state index in [1.165, 1.54) is 41.3 Å². The Morgan fingerprint density at radius 3 is 2.62 bits per heavy atom. The number of methoxy groups -OCH3 is 1. The van der Waals surface area contributed by atoms with E-state index in [1.54, 1.807) is 14.0 Å². The molecule has 2 aromatic carbocycles. The lowest BCUT2D eigenvalue weighted by Crippen LogP contribution is -2.54. The molecule has 7 atom stereocenters. The Morgan fingerprint density at radius 2 is 1.89 bits per heavy atom. The van der Waals surface area contributed by atoms with Crippen LogP contribution < -0.4 is 9.47 Å². The maximum atomic E-state index is 11.1. The summed E-state index contributed by atoms with van der Waals surface area (Å²) in [5.41, 5.74) is 4.31. The van der Waals surface area contributed by atoms with Gasteiger partial charge in [-0.3, -0.25) is 4.79 Å². The van der Waals surface area contributed by atoms with Gasteiger partial charge in [-0.15, -0.1) is 6.58 Å². The molecule has 2 saturated carbocycles. The van der Waals surface area contributed by atoms with Crippen LogP contribution in [0.15, 0.2) is 55.1 Å². The summed E-state index contributed by atoms with van der Waals surface area (Å²) < 4.78 is 24.8. The van der Waals surface area contributed by atoms with Crippen molar-refractivity contribution in [3.05, 3.63) is 71.8 Å². The molecule has 2 aromatic rings. The van der Waals surface area contributed by atoms with Gasteiger partial charge in [0.25, 0.3) is 0 Å². The minimum atomic E-state index is -0.0703. The Labute approximate surface area is 274 Å². The third-order valence-electron chi connectivity index (χ3n) is 11.6. The van der Waals surface area contributed by atoms with E-state index in [0.717, 1.165) is 81.6 Å². The Kier molecular flexibility index (Phi) is 10.3. The van der Waals surface area contributed by atoms with Crippen LogP contribution >= 0.6 is 11.8 Å². The molecular weight excluding hydrogens is 580 g/mol. The number of benzene rings is 2. The number of hydrogen-bond donors (Lipinski definition) is 0. The second-order valence-corrected chi connectivity index (χ2v) is 15.3. The Balaban J connectivity index is 1.26. The third kappa shape index (κ3) is 6.62. The fraction of sp³-hybridized carbons (Fsp3) is 0.615. The summed E-state index contributed by atoms with van der Waals surface area (Å²) in [6.07, 6.45) is 14.4. The van der Waals surface area contributed by atoms with Crippen LogP contribution in [-0.4, -0.2) is 43.6 Å². The van der Waals surface area contributed by atoms with Crippen LogP contribution in [0, 0.1) is 16.7 Å². The Hall–Kier alpha value is -2.28. The minimum absolute atomic E-state index is 0.000628. The number of allylic oxidation sites excluding steroid dienone is 1. The van der Waals surface area contributed by atoms with E-state index in [0.29, 0.717) is 24.4 Å². The molecule has 6 heteroatoms. The lowest BCUT2D eigenvalue weighted by atomic mass is 9.44. The second-order valence-electron chi connectivity index (χ2n) is 14.0. The largest absolute Gasteiger partial charge is 0.497 e. The van der Waals surface area contributed by atoms with Gasteiger partial charge in [0.05, 0.1) is 19.8 Å². The summed E-state index contributed by atoms with van der Waals surface area (Å²) >= 11 is 1.42. The maximum absolute atomic E-state index is 11.1. The lowest BCUT2D eigenvalue weighted by Gasteiger charge is -2.60. The van der Waals surface area contributed by atoms with Crippen molar-refractivity contribution < 1.29 is 23.7 Å². The zero-order chi connectivity index (χ0) is 31.4. The van der Waals surface area contributed by atoms with Gasteiger partial charge in [0.2, 0.25) is 0 Å². The molecule has 0 N–H and O–H groups in total. The number of unbranched alkanes of at least 4 members (excludes halogenated alkanes) is 2. The van der Waals surface area contributed by atoms with Gasteiger partial charge in [-0.25, -0.2) is 0 Å². The number of fused-ring (bicyclic) bond motifs is 5. The predicted molar refractivity (Wildman–Crippen MR) is 182 cm³/mol. The Morgan fingerprint density at radius 1 is 1.07 bits per heavy atom. The standard InChI is InChI=1S/C39H52O5S/c1-5-39-21-20-29-25-31(41-4)16-17-32(29)37(39)33(26-38(3)34(39)18-19-35(38)44-36-11-7-9-23-43-36)28-12-14-30(15-13-28)42-22-8-6-10-24-45-27(2)40/h5,12-17,25,33-37H,1,6-11,18-24,26H2,2-4H3/t33-,34-,35+,36?,37+,38+,39+/m1/s1. The molecule has 0 radical (unpaired) electrons. The van der Waals surface area contributed by atoms with Crippen LogP contribution in [-0.2, 0) is 20.7 Å². The summed E-state index contributed by atoms with van der Waals surface area (Å²) in [6, 6.07) is 15.7. The number of ether oxygens (including phenoxy) is 4. The molecule has 0 spiro atoms. The molecule has 1 saturated heterocycles. The van der Waals surface area contributed by atoms with Gasteiger partial charge in [-0.2, -0.15) is 0 Å². The van der Waals surface area contributed by atoms with E-state index in [-0.39, 0.29) is 28.3 Å². The van der Waals surface area contributed by atoms with Crippen molar-refractivity contribution in [1.82, 2.24) is 0 Å². The van der Waals surface area contributed by atoms with E-state index < -0.39 is 0 Å². The zero-order valence-electron chi connectivity index (χ0n) is 27.6. The molecule has 4 aliphatic rings. The molecule has 1 heterocycles. The summed E-state index contributed by atoms with van der Waals surface area (Å²) in [7, 11) is 1.76. The van der Waals surface area contributed by atoms with Crippen LogP contribution in [0.3, 0.4) is 0 Å². The number of thioether (sulfide) groups is 1. The fourth-order valence-electron chi connectivity index (χ4n) is 9.46. The monoisotopic (exact) mass is 632 g/mol. The highest BCUT2D eigenvalue weighted by Crippen LogP contribution is 2.71. The molecule has 45 heavy (non-hydrogen) atoms. The van der Waals surface area contributed by atoms with Crippen LogP contribution in [0.5, 0.6) is 11.5 Å². The number of hydrogen-bond acceptors (Lipinski definition) is 6. The molecule has 6 rings (SSSR count). The van der Waals surface area contributed by atoms with E-state index >= 15 is 0 Å². The van der Waals surface area contributed by atoms with Gasteiger partial charge in [0.1, 0.15) is 11.5 Å². The van der Waals surface area contributed by atoms with E-state index in [2.05, 4.69) is 62.0 Å². The van der Waals surface area contributed by atoms with Crippen molar-refractivity contribution >= 4 is 16.9 Å². The highest BCUT2D eigenvalue weighted by Gasteiger charge is 2.64. The predicted octanol–water partition coefficient (Wildman–Crippen LogP) is 9.24. The normalized spacial score (nSPS) is 32.2. The number of rotatable bonds is 12. The average Bonchev–Trinajstić information content (AvgIpc) is 3.39. The first-order valence-corrected chi connectivity index (χ1v) is 18.3. The van der Waals surface area contributed by atoms with Gasteiger partial charge in [0.15, 0.2) is 11.4 Å². The summed E-state index contributed by atoms with van der Waals surface area (Å²) in [4.78, 5) is 11.1. The van der Waals surface area contributed by atoms with Gasteiger partial charge in [-0.1, -0.05) is 43.0 Å². The molecular formula is C39H52O5S. The van der Waals surface area contributed by atoms with Crippen molar-refractivity contribution in [1.29, 1.82) is 0 Å². The smallest absolute Gasteiger partial charge is 0.185 e. The quantitative estimate of drug-likeness (QED) is 0.172. The Bertz CT molecular complexity index is 1320. The molecule has 3 fully saturated rings. The van der Waals surface area contributed by atoms with Gasteiger partial charge in [-0.05, 0) is 134 Å². The van der Waals surface area contributed by atoms with Crippen LogP contribution in [0.25, 0.3) is 0 Å². The lowest BCUT2D eigenvalue weighted by molar-refractivity contribution is -0.216. The third-order valence-corrected chi connectivity index (χ3v) is 12.5. The molecule has 0 aromatic heterocycles. The highest BCUT2D eigenvalue weighted by molar-refractivity contribution is 8.13. The first-order chi connectivity index (χ1) is 21.9. The molecule has 0 amide bonds. The molecule has 3 aliphatic carbocycles. The van der Waals surface area contributed by atoms with Crippen LogP contribution in [0.2, 0.25) is 0 Å². The van der Waals surface area contributed by atoms with Crippen molar-refractivity contribution in [3.8, 4) is 11.5 Å². The van der Waals surface area contributed by atoms with Crippen molar-refractivity contribution in [2.45, 2.75) is 109 Å². The number of carbonyl (C=O) groups excluding carboxylic acids is 1. The van der Waals surface area contributed by atoms with Crippen molar-refractivity contribution in [2.24, 2.45) is 16.7 Å². The first kappa shape index (κ1) is 32.7. The number of aryl methyl sites for hydroxylation is 1. The SMILES string of the molecule is C=C[C@@]12CCc3cc(OC)ccc3[C@H]1[C@@H](c1ccc(OCCCCCSC(C)=O)cc1)C[C@]1(C)[C@@H](OC3CCCCO3)CC[C@H]12. The average molecular weight is 633 g/mol. The molecule has 5 nitrogen and oxygen atoms in total. The summed E-state index contributed by atoms with van der Waals surface area (Å²) in [6.45, 7) is 10.2. The van der Waals surface area contributed by atoms with E-state index in [4.69, 9.17) is 18.9 Å². The maximum Gasteiger partial charge on any atom is 0.185 e. The van der Waals surface area contributed by atoms with E-state index in [9.17, 15) is 4.79 Å². The highest BCUT2D eigenvalue weighted by atomic mass is 32.2. The second kappa shape index (κ2) is 14.2. The molecule has 1 unspecified atom stereocenters. The van der Waals surface area contributed by atoms with Gasteiger partial charge in [0, 0.05) is 25.2 Å². The number of carbonyl (C=O) groups is 1. The summed E-state index contributed by atoms with van der Waals surface area (Å²) in [5.74, 6) is 3.97. The topological polar surface area (TPSA) is 54.0 Å². The van der Waals surface area contributed by atoms with Gasteiger partial charge < -0.3 is 18.9 Å². The van der Waals surface area contributed by atoms with Crippen LogP contribution in [0.1, 0.15) is 107 Å². The zero-order valence-corrected chi connectivity index (χ0v) is 28.4. The molecule has 1 aliphatic heterocycles. The van der Waals surface area contributed by atoms with E-state index in [1.807, 2.05) is 0 Å². The van der Waals surface area contributed by atoms with Crippen LogP contribution in [0.4, 0.5) is 0 Å².